The highest BCUT2D eigenvalue weighted by Crippen LogP contribution is 2.32. The Kier molecular flexibility index (Phi) is 3.09. The number of hydrogen-bond donors (Lipinski definition) is 1. The van der Waals surface area contributed by atoms with Gasteiger partial charge in [0.05, 0.1) is 6.61 Å². The zero-order valence-electron chi connectivity index (χ0n) is 8.34. The van der Waals surface area contributed by atoms with Crippen molar-refractivity contribution in [2.45, 2.75) is 18.3 Å². The average Bonchev–Trinajstić information content (AvgIpc) is 2.34. The van der Waals surface area contributed by atoms with E-state index in [9.17, 15) is 9.59 Å². The number of carbonyl (C=O) groups excluding carboxylic acids is 2. The second kappa shape index (κ2) is 4.23. The van der Waals surface area contributed by atoms with Crippen LogP contribution in [0.2, 0.25) is 0 Å². The first-order chi connectivity index (χ1) is 7.61. The highest BCUT2D eigenvalue weighted by Gasteiger charge is 2.56. The Morgan fingerprint density at radius 3 is 3.00 bits per heavy atom. The predicted octanol–water partition coefficient (Wildman–Crippen LogP) is -1.64. The van der Waals surface area contributed by atoms with E-state index in [1.54, 1.807) is 0 Å². The lowest BCUT2D eigenvalue weighted by Gasteiger charge is -2.53. The number of β-lactam (4-membered cyclic amide) rings is 1. The first kappa shape index (κ1) is 11.7. The summed E-state index contributed by atoms with van der Waals surface area (Å²) in [6, 6.07) is -1.52. The van der Waals surface area contributed by atoms with Crippen molar-refractivity contribution >= 4 is 31.5 Å². The number of ether oxygens (including phenoxy) is 1. The van der Waals surface area contributed by atoms with Crippen LogP contribution in [-0.4, -0.2) is 55.6 Å². The second-order valence-corrected chi connectivity index (χ2v) is 4.10. The summed E-state index contributed by atoms with van der Waals surface area (Å²) in [5.74, 6) is -1.20. The van der Waals surface area contributed by atoms with Crippen molar-refractivity contribution in [1.29, 1.82) is 0 Å². The van der Waals surface area contributed by atoms with Crippen LogP contribution in [0.5, 0.6) is 0 Å². The van der Waals surface area contributed by atoms with Gasteiger partial charge in [0, 0.05) is 11.8 Å². The molecule has 0 aromatic carbocycles. The fourth-order valence-electron chi connectivity index (χ4n) is 2.03. The Labute approximate surface area is 98.4 Å². The molecule has 2 saturated heterocycles. The number of rotatable bonds is 2. The molecule has 2 radical (unpaired) electrons. The maximum Gasteiger partial charge on any atom is 0.378 e. The summed E-state index contributed by atoms with van der Waals surface area (Å²) >= 11 is 5.70. The lowest BCUT2D eigenvalue weighted by Crippen LogP contribution is -2.77. The van der Waals surface area contributed by atoms with Crippen molar-refractivity contribution in [2.24, 2.45) is 11.7 Å². The molecule has 2 fully saturated rings. The minimum absolute atomic E-state index is 0.172. The summed E-state index contributed by atoms with van der Waals surface area (Å²) < 4.78 is 9.51. The van der Waals surface area contributed by atoms with Crippen molar-refractivity contribution < 1.29 is 19.0 Å². The third-order valence-electron chi connectivity index (χ3n) is 2.90. The van der Waals surface area contributed by atoms with Crippen LogP contribution in [0.3, 0.4) is 0 Å². The molecule has 2 aliphatic heterocycles. The number of fused-ring (bicyclic) bond motifs is 1. The molecule has 2 unspecified atom stereocenters. The molecule has 6 nitrogen and oxygen atoms in total. The summed E-state index contributed by atoms with van der Waals surface area (Å²) in [7, 11) is 4.83. The smallest absolute Gasteiger partial charge is 0.378 e. The van der Waals surface area contributed by atoms with Gasteiger partial charge < -0.3 is 15.1 Å². The molecule has 1 amide bonds. The first-order valence-electron chi connectivity index (χ1n) is 4.77. The Morgan fingerprint density at radius 1 is 1.75 bits per heavy atom. The zero-order valence-corrected chi connectivity index (χ0v) is 9.09. The monoisotopic (exact) mass is 244 g/mol. The van der Waals surface area contributed by atoms with Crippen LogP contribution in [0.25, 0.3) is 0 Å². The second-order valence-electron chi connectivity index (χ2n) is 3.79. The highest BCUT2D eigenvalue weighted by atomic mass is 35.5. The standard InChI is InChI=1S/C8H10BClN2O4/c9-16-8(14)5-3(1-10)2-15-7-4(11)6(13)12(5)7/h3-5,7H,1-2,11H2/t3?,4-,5?,7-/m1/s1. The van der Waals surface area contributed by atoms with Crippen LogP contribution in [0, 0.1) is 5.92 Å². The van der Waals surface area contributed by atoms with Crippen molar-refractivity contribution in [1.82, 2.24) is 4.90 Å². The molecule has 2 aliphatic rings. The normalized spacial score (nSPS) is 37.6. The molecule has 16 heavy (non-hydrogen) atoms. The van der Waals surface area contributed by atoms with Crippen molar-refractivity contribution in [3.05, 3.63) is 0 Å². The van der Waals surface area contributed by atoms with Gasteiger partial charge in [0.2, 0.25) is 5.91 Å². The number of halogens is 1. The fraction of sp³-hybridized carbons (Fsp3) is 0.750. The van der Waals surface area contributed by atoms with Gasteiger partial charge in [0.15, 0.2) is 6.23 Å². The van der Waals surface area contributed by atoms with Crippen LogP contribution in [0.4, 0.5) is 0 Å². The molecule has 0 spiro atoms. The van der Waals surface area contributed by atoms with Gasteiger partial charge in [0.25, 0.3) is 0 Å². The molecule has 0 saturated carbocycles. The van der Waals surface area contributed by atoms with Crippen LogP contribution < -0.4 is 5.73 Å². The van der Waals surface area contributed by atoms with Crippen LogP contribution in [0.15, 0.2) is 0 Å². The van der Waals surface area contributed by atoms with E-state index in [0.717, 1.165) is 0 Å². The third-order valence-corrected chi connectivity index (χ3v) is 3.30. The number of alkyl halides is 1. The summed E-state index contributed by atoms with van der Waals surface area (Å²) in [6.45, 7) is 0.255. The van der Waals surface area contributed by atoms with Crippen molar-refractivity contribution in [2.75, 3.05) is 12.5 Å². The molecule has 4 atom stereocenters. The quantitative estimate of drug-likeness (QED) is 0.358. The number of nitrogens with zero attached hydrogens (tertiary/aromatic N) is 1. The van der Waals surface area contributed by atoms with Gasteiger partial charge in [-0.05, 0) is 0 Å². The van der Waals surface area contributed by atoms with Crippen LogP contribution in [0.1, 0.15) is 0 Å². The summed E-state index contributed by atoms with van der Waals surface area (Å²) in [4.78, 5) is 24.2. The van der Waals surface area contributed by atoms with Crippen molar-refractivity contribution in [3.63, 3.8) is 0 Å². The molecular weight excluding hydrogens is 234 g/mol. The number of amides is 1. The van der Waals surface area contributed by atoms with Crippen LogP contribution >= 0.6 is 11.6 Å². The SMILES string of the molecule is [B]OC(=O)C1C(CCl)CO[C@@H]2[C@H](N)C(=O)N12. The molecule has 0 aliphatic carbocycles. The van der Waals surface area contributed by atoms with E-state index >= 15 is 0 Å². The van der Waals surface area contributed by atoms with E-state index in [0.29, 0.717) is 0 Å². The van der Waals surface area contributed by atoms with Crippen molar-refractivity contribution in [3.8, 4) is 0 Å². The molecule has 0 bridgehead atoms. The molecule has 0 aromatic heterocycles. The highest BCUT2D eigenvalue weighted by molar-refractivity contribution is 6.18. The van der Waals surface area contributed by atoms with Gasteiger partial charge in [-0.1, -0.05) is 0 Å². The topological polar surface area (TPSA) is 81.9 Å². The number of nitrogens with two attached hydrogens (primary N) is 1. The zero-order chi connectivity index (χ0) is 11.9. The molecule has 86 valence electrons. The summed E-state index contributed by atoms with van der Waals surface area (Å²) in [5, 5.41) is 0. The van der Waals surface area contributed by atoms with E-state index in [-0.39, 0.29) is 24.3 Å². The van der Waals surface area contributed by atoms with Gasteiger partial charge in [-0.3, -0.25) is 14.5 Å². The Morgan fingerprint density at radius 2 is 2.44 bits per heavy atom. The van der Waals surface area contributed by atoms with Gasteiger partial charge in [-0.25, -0.2) is 0 Å². The number of hydrogen-bond acceptors (Lipinski definition) is 5. The summed E-state index contributed by atoms with van der Waals surface area (Å²) in [5.41, 5.74) is 5.53. The fourth-order valence-corrected chi connectivity index (χ4v) is 2.29. The third kappa shape index (κ3) is 1.50. The minimum Gasteiger partial charge on any atom is -0.542 e. The molecule has 0 aromatic rings. The maximum absolute atomic E-state index is 11.5. The van der Waals surface area contributed by atoms with Gasteiger partial charge >= 0.3 is 14.0 Å². The van der Waals surface area contributed by atoms with E-state index in [1.807, 2.05) is 0 Å². The minimum atomic E-state index is -0.798. The Balaban J connectivity index is 2.21. The van der Waals surface area contributed by atoms with E-state index in [4.69, 9.17) is 30.1 Å². The Bertz CT molecular complexity index is 329. The largest absolute Gasteiger partial charge is 0.542 e. The van der Waals surface area contributed by atoms with Gasteiger partial charge in [0.1, 0.15) is 12.1 Å². The van der Waals surface area contributed by atoms with E-state index in [2.05, 4.69) is 4.65 Å². The molecule has 8 heteroatoms. The van der Waals surface area contributed by atoms with E-state index in [1.165, 1.54) is 4.90 Å². The maximum atomic E-state index is 11.5. The summed E-state index contributed by atoms with van der Waals surface area (Å²) in [6.07, 6.45) is -0.573. The number of carbonyl (C=O) groups is 2. The van der Waals surface area contributed by atoms with Gasteiger partial charge in [-0.2, -0.15) is 0 Å². The lowest BCUT2D eigenvalue weighted by molar-refractivity contribution is -0.217. The Hall–Kier alpha value is -0.785. The molecule has 2 rings (SSSR count). The predicted molar refractivity (Wildman–Crippen MR) is 54.4 cm³/mol. The lowest BCUT2D eigenvalue weighted by atomic mass is 9.91. The molecule has 2 heterocycles. The average molecular weight is 244 g/mol. The first-order valence-corrected chi connectivity index (χ1v) is 5.31. The van der Waals surface area contributed by atoms with Gasteiger partial charge in [-0.15, -0.1) is 11.6 Å². The molecular formula is C8H10BClN2O4. The van der Waals surface area contributed by atoms with E-state index < -0.39 is 24.3 Å². The van der Waals surface area contributed by atoms with Crippen LogP contribution in [-0.2, 0) is 19.0 Å². The molecule has 2 N–H and O–H groups in total.